The number of nitrogens with zero attached hydrogens (tertiary/aromatic N) is 2. The van der Waals surface area contributed by atoms with Crippen molar-refractivity contribution in [3.8, 4) is 0 Å². The van der Waals surface area contributed by atoms with Gasteiger partial charge in [0.25, 0.3) is 0 Å². The van der Waals surface area contributed by atoms with Gasteiger partial charge in [0.05, 0.1) is 9.85 Å². The first kappa shape index (κ1) is 14.4. The average Bonchev–Trinajstić information content (AvgIpc) is 2.45. The summed E-state index contributed by atoms with van der Waals surface area (Å²) >= 11 is 0. The summed E-state index contributed by atoms with van der Waals surface area (Å²) in [6.45, 7) is 0. The van der Waals surface area contributed by atoms with Crippen molar-refractivity contribution in [3.05, 3.63) is 68.8 Å². The Morgan fingerprint density at radius 2 is 1.50 bits per heavy atom. The second-order valence-electron chi connectivity index (χ2n) is 3.62. The van der Waals surface area contributed by atoms with Gasteiger partial charge in [-0.15, -0.1) is 0 Å². The molecular weight excluding hydrogens is 300 g/mol. The van der Waals surface area contributed by atoms with Crippen molar-refractivity contribution >= 4 is 33.0 Å². The molecule has 2 aromatic rings. The zero-order valence-corrected chi connectivity index (χ0v) is 11.6. The molecule has 0 aliphatic heterocycles. The molecule has 0 amide bonds. The normalized spacial score (nSPS) is 10.2. The molecule has 0 unspecified atom stereocenters. The number of nitro groups is 2. The maximum atomic E-state index is 11.0. The van der Waals surface area contributed by atoms with Crippen LogP contribution in [-0.2, 0) is 0 Å². The van der Waals surface area contributed by atoms with Crippen molar-refractivity contribution in [3.63, 3.8) is 0 Å². The maximum Gasteiger partial charge on any atom is 0.360 e. The Morgan fingerprint density at radius 3 is 2.10 bits per heavy atom. The highest BCUT2D eigenvalue weighted by Gasteiger charge is 2.28. The van der Waals surface area contributed by atoms with Gasteiger partial charge in [0.15, 0.2) is 0 Å². The monoisotopic (exact) mass is 308 g/mol. The molecule has 2 rings (SSSR count). The number of benzene rings is 2. The summed E-state index contributed by atoms with van der Waals surface area (Å²) in [5.41, 5.74) is -0.959. The number of rotatable bonds is 5. The first-order valence-electron chi connectivity index (χ1n) is 5.41. The molecular formula is C12H8N2O4S2. The van der Waals surface area contributed by atoms with E-state index in [0.717, 1.165) is 21.8 Å². The first-order chi connectivity index (χ1) is 9.59. The molecule has 0 N–H and O–H groups in total. The van der Waals surface area contributed by atoms with Crippen molar-refractivity contribution in [1.82, 2.24) is 0 Å². The van der Waals surface area contributed by atoms with Gasteiger partial charge in [-0.1, -0.05) is 35.1 Å². The van der Waals surface area contributed by atoms with Crippen LogP contribution in [0, 0.1) is 20.2 Å². The molecule has 0 bridgehead atoms. The van der Waals surface area contributed by atoms with E-state index in [0.29, 0.717) is 0 Å². The van der Waals surface area contributed by atoms with Gasteiger partial charge in [-0.25, -0.2) is 0 Å². The Bertz CT molecular complexity index is 649. The van der Waals surface area contributed by atoms with Crippen molar-refractivity contribution in [2.75, 3.05) is 0 Å². The van der Waals surface area contributed by atoms with Gasteiger partial charge >= 0.3 is 11.4 Å². The van der Waals surface area contributed by atoms with E-state index in [9.17, 15) is 20.2 Å². The van der Waals surface area contributed by atoms with Gasteiger partial charge < -0.3 is 0 Å². The molecule has 0 fully saturated rings. The van der Waals surface area contributed by atoms with Crippen molar-refractivity contribution < 1.29 is 9.85 Å². The van der Waals surface area contributed by atoms with E-state index < -0.39 is 21.2 Å². The molecule has 0 aromatic heterocycles. The largest absolute Gasteiger partial charge is 0.360 e. The van der Waals surface area contributed by atoms with Crippen LogP contribution in [0.2, 0.25) is 0 Å². The van der Waals surface area contributed by atoms with E-state index in [2.05, 4.69) is 0 Å². The summed E-state index contributed by atoms with van der Waals surface area (Å²) in [5.74, 6) is 0. The van der Waals surface area contributed by atoms with Crippen LogP contribution < -0.4 is 0 Å². The molecule has 0 atom stereocenters. The smallest absolute Gasteiger partial charge is 0.258 e. The van der Waals surface area contributed by atoms with Crippen LogP contribution in [0.5, 0.6) is 0 Å². The third kappa shape index (κ3) is 3.28. The Kier molecular flexibility index (Phi) is 4.59. The number of nitro benzene ring substituents is 2. The third-order valence-electron chi connectivity index (χ3n) is 2.33. The Morgan fingerprint density at radius 1 is 0.800 bits per heavy atom. The van der Waals surface area contributed by atoms with Crippen molar-refractivity contribution in [2.24, 2.45) is 0 Å². The van der Waals surface area contributed by atoms with Crippen molar-refractivity contribution in [1.29, 1.82) is 0 Å². The van der Waals surface area contributed by atoms with E-state index in [-0.39, 0.29) is 4.90 Å². The SMILES string of the molecule is O=[N+]([O-])c1cccc(SSc2ccccc2)c1[N+](=O)[O-]. The summed E-state index contributed by atoms with van der Waals surface area (Å²) in [6, 6.07) is 13.4. The molecule has 0 saturated heterocycles. The molecule has 0 heterocycles. The summed E-state index contributed by atoms with van der Waals surface area (Å²) in [6.07, 6.45) is 0. The van der Waals surface area contributed by atoms with Crippen LogP contribution in [0.15, 0.2) is 58.3 Å². The van der Waals surface area contributed by atoms with Crippen molar-refractivity contribution in [2.45, 2.75) is 9.79 Å². The second-order valence-corrected chi connectivity index (χ2v) is 5.86. The molecule has 102 valence electrons. The summed E-state index contributed by atoms with van der Waals surface area (Å²) in [7, 11) is 2.45. The van der Waals surface area contributed by atoms with Gasteiger partial charge in [-0.3, -0.25) is 20.2 Å². The average molecular weight is 308 g/mol. The summed E-state index contributed by atoms with van der Waals surface area (Å²) in [4.78, 5) is 21.6. The molecule has 0 radical (unpaired) electrons. The zero-order chi connectivity index (χ0) is 14.5. The van der Waals surface area contributed by atoms with Crippen LogP contribution in [0.4, 0.5) is 11.4 Å². The molecule has 0 spiro atoms. The number of para-hydroxylation sites is 1. The predicted molar refractivity (Wildman–Crippen MR) is 77.9 cm³/mol. The van der Waals surface area contributed by atoms with Gasteiger partial charge in [0.1, 0.15) is 4.90 Å². The fourth-order valence-electron chi connectivity index (χ4n) is 1.48. The molecule has 0 aliphatic carbocycles. The lowest BCUT2D eigenvalue weighted by atomic mass is 10.3. The summed E-state index contributed by atoms with van der Waals surface area (Å²) in [5, 5.41) is 21.9. The summed E-state index contributed by atoms with van der Waals surface area (Å²) < 4.78 is 0. The minimum atomic E-state index is -0.741. The molecule has 0 aliphatic rings. The van der Waals surface area contributed by atoms with E-state index in [1.54, 1.807) is 0 Å². The van der Waals surface area contributed by atoms with E-state index in [4.69, 9.17) is 0 Å². The third-order valence-corrected chi connectivity index (χ3v) is 4.75. The van der Waals surface area contributed by atoms with Gasteiger partial charge in [0.2, 0.25) is 0 Å². The molecule has 6 nitrogen and oxygen atoms in total. The minimum absolute atomic E-state index is 0.262. The highest BCUT2D eigenvalue weighted by molar-refractivity contribution is 8.76. The number of hydrogen-bond acceptors (Lipinski definition) is 6. The lowest BCUT2D eigenvalue weighted by Crippen LogP contribution is -1.97. The fourth-order valence-corrected chi connectivity index (χ4v) is 3.62. The first-order valence-corrected chi connectivity index (χ1v) is 7.56. The van der Waals surface area contributed by atoms with Crippen LogP contribution in [-0.4, -0.2) is 9.85 Å². The molecule has 20 heavy (non-hydrogen) atoms. The molecule has 8 heteroatoms. The molecule has 0 saturated carbocycles. The standard InChI is InChI=1S/C12H8N2O4S2/c15-13(16)10-7-4-8-11(12(10)14(17)18)20-19-9-5-2-1-3-6-9/h1-8H. The van der Waals surface area contributed by atoms with Gasteiger partial charge in [-0.05, 0) is 29.0 Å². The lowest BCUT2D eigenvalue weighted by Gasteiger charge is -2.02. The number of hydrogen-bond donors (Lipinski definition) is 0. The topological polar surface area (TPSA) is 86.3 Å². The predicted octanol–water partition coefficient (Wildman–Crippen LogP) is 4.30. The van der Waals surface area contributed by atoms with Gasteiger partial charge in [-0.2, -0.15) is 0 Å². The highest BCUT2D eigenvalue weighted by atomic mass is 33.1. The quantitative estimate of drug-likeness (QED) is 0.465. The van der Waals surface area contributed by atoms with Gasteiger partial charge in [0, 0.05) is 11.0 Å². The highest BCUT2D eigenvalue weighted by Crippen LogP contribution is 2.44. The van der Waals surface area contributed by atoms with Crippen LogP contribution in [0.25, 0.3) is 0 Å². The fraction of sp³-hybridized carbons (Fsp3) is 0. The van der Waals surface area contributed by atoms with E-state index >= 15 is 0 Å². The Hall–Kier alpha value is -2.06. The molecule has 2 aromatic carbocycles. The van der Waals surface area contributed by atoms with E-state index in [1.165, 1.54) is 22.9 Å². The van der Waals surface area contributed by atoms with Crippen LogP contribution in [0.1, 0.15) is 0 Å². The second kappa shape index (κ2) is 6.40. The Balaban J connectivity index is 2.30. The lowest BCUT2D eigenvalue weighted by molar-refractivity contribution is -0.424. The van der Waals surface area contributed by atoms with Crippen LogP contribution in [0.3, 0.4) is 0 Å². The van der Waals surface area contributed by atoms with Crippen LogP contribution >= 0.6 is 21.6 Å². The maximum absolute atomic E-state index is 11.0. The zero-order valence-electron chi connectivity index (χ0n) is 9.96. The Labute approximate surface area is 121 Å². The minimum Gasteiger partial charge on any atom is -0.258 e. The van der Waals surface area contributed by atoms with E-state index in [1.807, 2.05) is 30.3 Å².